The first kappa shape index (κ1) is 27.4. The van der Waals surface area contributed by atoms with E-state index in [0.29, 0.717) is 29.7 Å². The summed E-state index contributed by atoms with van der Waals surface area (Å²) >= 11 is 0. The van der Waals surface area contributed by atoms with Crippen molar-refractivity contribution < 1.29 is 23.9 Å². The van der Waals surface area contributed by atoms with Crippen LogP contribution in [0, 0.1) is 0 Å². The van der Waals surface area contributed by atoms with E-state index in [0.717, 1.165) is 31.2 Å². The summed E-state index contributed by atoms with van der Waals surface area (Å²) in [5.41, 5.74) is 1.66. The smallest absolute Gasteiger partial charge is 0.261 e. The molecule has 1 N–H and O–H groups in total. The summed E-state index contributed by atoms with van der Waals surface area (Å²) in [6.07, 6.45) is 6.24. The van der Waals surface area contributed by atoms with Crippen LogP contribution in [0.25, 0.3) is 0 Å². The fourth-order valence-corrected chi connectivity index (χ4v) is 5.41. The van der Waals surface area contributed by atoms with Crippen molar-refractivity contribution in [2.24, 2.45) is 0 Å². The van der Waals surface area contributed by atoms with Crippen molar-refractivity contribution in [2.45, 2.75) is 76.9 Å². The monoisotopic (exact) mass is 519 g/mol. The largest absolute Gasteiger partial charge is 0.497 e. The summed E-state index contributed by atoms with van der Waals surface area (Å²) in [5, 5.41) is 3.18. The summed E-state index contributed by atoms with van der Waals surface area (Å²) in [6, 6.07) is 13.8. The van der Waals surface area contributed by atoms with Crippen molar-refractivity contribution in [1.29, 1.82) is 0 Å². The molecule has 38 heavy (non-hydrogen) atoms. The van der Waals surface area contributed by atoms with Gasteiger partial charge in [0.25, 0.3) is 11.8 Å². The van der Waals surface area contributed by atoms with E-state index in [1.54, 1.807) is 36.3 Å². The van der Waals surface area contributed by atoms with E-state index in [1.807, 2.05) is 31.2 Å². The summed E-state index contributed by atoms with van der Waals surface area (Å²) in [7, 11) is 1.59. The highest BCUT2D eigenvalue weighted by Crippen LogP contribution is 2.24. The van der Waals surface area contributed by atoms with E-state index in [1.165, 1.54) is 11.3 Å². The predicted molar refractivity (Wildman–Crippen MR) is 144 cm³/mol. The van der Waals surface area contributed by atoms with Gasteiger partial charge in [0.05, 0.1) is 18.2 Å². The minimum atomic E-state index is -0.616. The summed E-state index contributed by atoms with van der Waals surface area (Å²) in [4.78, 5) is 55.2. The Hall–Kier alpha value is -3.68. The van der Waals surface area contributed by atoms with Crippen LogP contribution in [0.1, 0.15) is 84.6 Å². The minimum absolute atomic E-state index is 0.116. The van der Waals surface area contributed by atoms with Gasteiger partial charge in [0.1, 0.15) is 11.8 Å². The van der Waals surface area contributed by atoms with Gasteiger partial charge < -0.3 is 15.0 Å². The molecule has 0 bridgehead atoms. The second-order valence-corrected chi connectivity index (χ2v) is 10.1. The Kier molecular flexibility index (Phi) is 9.15. The topological polar surface area (TPSA) is 96.0 Å². The average Bonchev–Trinajstić information content (AvgIpc) is 3.18. The number of methoxy groups -OCH3 is 1. The highest BCUT2D eigenvalue weighted by Gasteiger charge is 2.35. The van der Waals surface area contributed by atoms with Crippen LogP contribution < -0.4 is 10.1 Å². The maximum atomic E-state index is 13.6. The van der Waals surface area contributed by atoms with Crippen molar-refractivity contribution >= 4 is 23.6 Å². The fourth-order valence-electron chi connectivity index (χ4n) is 5.41. The maximum absolute atomic E-state index is 13.6. The molecule has 0 radical (unpaired) electrons. The second kappa shape index (κ2) is 12.7. The van der Waals surface area contributed by atoms with Crippen molar-refractivity contribution in [3.8, 4) is 5.75 Å². The zero-order valence-corrected chi connectivity index (χ0v) is 22.3. The van der Waals surface area contributed by atoms with E-state index in [4.69, 9.17) is 4.74 Å². The van der Waals surface area contributed by atoms with Gasteiger partial charge in [0, 0.05) is 25.6 Å². The van der Waals surface area contributed by atoms with E-state index in [9.17, 15) is 19.2 Å². The van der Waals surface area contributed by atoms with Crippen molar-refractivity contribution in [3.05, 3.63) is 65.2 Å². The molecule has 1 atom stereocenters. The molecule has 1 aliphatic heterocycles. The van der Waals surface area contributed by atoms with Crippen LogP contribution in [-0.4, -0.2) is 59.2 Å². The molecule has 202 valence electrons. The van der Waals surface area contributed by atoms with Crippen LogP contribution in [0.5, 0.6) is 5.75 Å². The highest BCUT2D eigenvalue weighted by atomic mass is 16.5. The van der Waals surface area contributed by atoms with Gasteiger partial charge in [0.2, 0.25) is 11.8 Å². The Morgan fingerprint density at radius 3 is 2.34 bits per heavy atom. The molecule has 2 aromatic rings. The molecule has 2 aromatic carbocycles. The molecule has 1 aliphatic carbocycles. The number of ether oxygens (including phenoxy) is 1. The van der Waals surface area contributed by atoms with Gasteiger partial charge in [0.15, 0.2) is 0 Å². The molecule has 8 nitrogen and oxygen atoms in total. The molecule has 4 rings (SSSR count). The van der Waals surface area contributed by atoms with Crippen LogP contribution in [0.4, 0.5) is 0 Å². The lowest BCUT2D eigenvalue weighted by Crippen LogP contribution is -2.51. The summed E-state index contributed by atoms with van der Waals surface area (Å²) in [6.45, 7) is 2.32. The van der Waals surface area contributed by atoms with Crippen LogP contribution in [0.2, 0.25) is 0 Å². The molecular weight excluding hydrogens is 482 g/mol. The van der Waals surface area contributed by atoms with Crippen LogP contribution in [0.15, 0.2) is 48.5 Å². The first-order chi connectivity index (χ1) is 18.4. The number of carbonyl (C=O) groups is 4. The molecule has 0 unspecified atom stereocenters. The number of hydrogen-bond donors (Lipinski definition) is 1. The molecule has 1 fully saturated rings. The average molecular weight is 520 g/mol. The number of nitrogens with zero attached hydrogens (tertiary/aromatic N) is 2. The molecule has 0 saturated heterocycles. The maximum Gasteiger partial charge on any atom is 0.261 e. The zero-order chi connectivity index (χ0) is 27.1. The number of amides is 4. The van der Waals surface area contributed by atoms with E-state index in [2.05, 4.69) is 5.32 Å². The number of benzene rings is 2. The fraction of sp³-hybridized carbons (Fsp3) is 0.467. The first-order valence-corrected chi connectivity index (χ1v) is 13.6. The van der Waals surface area contributed by atoms with Gasteiger partial charge in [-0.15, -0.1) is 0 Å². The van der Waals surface area contributed by atoms with Gasteiger partial charge in [-0.25, -0.2) is 0 Å². The number of hydrogen-bond acceptors (Lipinski definition) is 5. The first-order valence-electron chi connectivity index (χ1n) is 13.6. The third kappa shape index (κ3) is 6.23. The Balaban J connectivity index is 1.45. The number of rotatable bonds is 11. The van der Waals surface area contributed by atoms with E-state index in [-0.39, 0.29) is 49.2 Å². The lowest BCUT2D eigenvalue weighted by Gasteiger charge is -2.33. The normalized spacial score (nSPS) is 16.2. The zero-order valence-electron chi connectivity index (χ0n) is 22.3. The van der Waals surface area contributed by atoms with Crippen LogP contribution in [-0.2, 0) is 16.1 Å². The summed E-state index contributed by atoms with van der Waals surface area (Å²) in [5.74, 6) is -0.291. The quantitative estimate of drug-likeness (QED) is 0.446. The number of imide groups is 1. The minimum Gasteiger partial charge on any atom is -0.497 e. The lowest BCUT2D eigenvalue weighted by molar-refractivity contribution is -0.142. The molecule has 0 spiro atoms. The molecule has 2 aliphatic rings. The van der Waals surface area contributed by atoms with Gasteiger partial charge in [-0.3, -0.25) is 24.1 Å². The number of fused-ring (bicyclic) bond motifs is 1. The van der Waals surface area contributed by atoms with Crippen molar-refractivity contribution in [2.75, 3.05) is 13.7 Å². The molecule has 0 aromatic heterocycles. The third-order valence-electron chi connectivity index (χ3n) is 7.48. The Morgan fingerprint density at radius 2 is 1.71 bits per heavy atom. The van der Waals surface area contributed by atoms with Crippen LogP contribution in [0.3, 0.4) is 0 Å². The van der Waals surface area contributed by atoms with Gasteiger partial charge in [-0.05, 0) is 55.5 Å². The van der Waals surface area contributed by atoms with E-state index >= 15 is 0 Å². The molecule has 1 heterocycles. The standard InChI is InChI=1S/C30H37N3O5/c1-3-26(28(35)31-22-12-5-4-6-13-22)33(20-21-11-9-14-23(19-21)38-2)27(34)17-10-18-32-29(36)24-15-7-8-16-25(24)30(32)37/h7-9,11,14-16,19,22,26H,3-6,10,12-13,17-18,20H2,1-2H3,(H,31,35)/t26-/m0/s1. The molecule has 8 heteroatoms. The molecule has 1 saturated carbocycles. The van der Waals surface area contributed by atoms with Crippen molar-refractivity contribution in [1.82, 2.24) is 15.1 Å². The van der Waals surface area contributed by atoms with Gasteiger partial charge >= 0.3 is 0 Å². The number of carbonyl (C=O) groups excluding carboxylic acids is 4. The Bertz CT molecular complexity index is 1140. The Morgan fingerprint density at radius 1 is 1.03 bits per heavy atom. The molecular formula is C30H37N3O5. The van der Waals surface area contributed by atoms with Gasteiger partial charge in [-0.2, -0.15) is 0 Å². The van der Waals surface area contributed by atoms with Gasteiger partial charge in [-0.1, -0.05) is 50.5 Å². The van der Waals surface area contributed by atoms with Crippen LogP contribution >= 0.6 is 0 Å². The number of nitrogens with one attached hydrogen (secondary N) is 1. The van der Waals surface area contributed by atoms with E-state index < -0.39 is 6.04 Å². The second-order valence-electron chi connectivity index (χ2n) is 10.1. The third-order valence-corrected chi connectivity index (χ3v) is 7.48. The Labute approximate surface area is 224 Å². The van der Waals surface area contributed by atoms with Crippen molar-refractivity contribution in [3.63, 3.8) is 0 Å². The highest BCUT2D eigenvalue weighted by molar-refractivity contribution is 6.21. The molecule has 4 amide bonds. The SMILES string of the molecule is CC[C@@H](C(=O)NC1CCCCC1)N(Cc1cccc(OC)c1)C(=O)CCCN1C(=O)c2ccccc2C1=O. The predicted octanol–water partition coefficient (Wildman–Crippen LogP) is 4.33. The lowest BCUT2D eigenvalue weighted by atomic mass is 9.95. The summed E-state index contributed by atoms with van der Waals surface area (Å²) < 4.78 is 5.35.